The highest BCUT2D eigenvalue weighted by Crippen LogP contribution is 2.29. The first-order chi connectivity index (χ1) is 10.3. The Labute approximate surface area is 127 Å². The SMILES string of the molecule is Cc1nc(N2CCCC2)nc2c1CC(CNC1CC1)CC2. The van der Waals surface area contributed by atoms with Gasteiger partial charge in [0.05, 0.1) is 0 Å². The Hall–Kier alpha value is -1.16. The van der Waals surface area contributed by atoms with Crippen LogP contribution in [0.3, 0.4) is 0 Å². The second kappa shape index (κ2) is 5.56. The summed E-state index contributed by atoms with van der Waals surface area (Å²) in [6.45, 7) is 5.62. The van der Waals surface area contributed by atoms with Crippen LogP contribution in [0.5, 0.6) is 0 Å². The van der Waals surface area contributed by atoms with Crippen molar-refractivity contribution in [3.05, 3.63) is 17.0 Å². The van der Waals surface area contributed by atoms with Gasteiger partial charge in [0.2, 0.25) is 5.95 Å². The lowest BCUT2D eigenvalue weighted by Crippen LogP contribution is -2.30. The molecule has 2 aliphatic carbocycles. The van der Waals surface area contributed by atoms with E-state index in [4.69, 9.17) is 9.97 Å². The zero-order valence-corrected chi connectivity index (χ0v) is 13.1. The molecular weight excluding hydrogens is 260 g/mol. The van der Waals surface area contributed by atoms with Gasteiger partial charge < -0.3 is 10.2 Å². The van der Waals surface area contributed by atoms with E-state index in [9.17, 15) is 0 Å². The third-order valence-corrected chi connectivity index (χ3v) is 5.23. The fourth-order valence-corrected chi connectivity index (χ4v) is 3.70. The molecule has 0 aromatic carbocycles. The van der Waals surface area contributed by atoms with Crippen LogP contribution in [0.4, 0.5) is 5.95 Å². The quantitative estimate of drug-likeness (QED) is 0.921. The van der Waals surface area contributed by atoms with Gasteiger partial charge in [0.15, 0.2) is 0 Å². The Bertz CT molecular complexity index is 518. The molecule has 1 aromatic heterocycles. The van der Waals surface area contributed by atoms with Gasteiger partial charge in [0.1, 0.15) is 0 Å². The van der Waals surface area contributed by atoms with Gasteiger partial charge in [-0.1, -0.05) is 0 Å². The van der Waals surface area contributed by atoms with Gasteiger partial charge in [-0.2, -0.15) is 0 Å². The summed E-state index contributed by atoms with van der Waals surface area (Å²) in [5, 5.41) is 3.68. The van der Waals surface area contributed by atoms with E-state index in [2.05, 4.69) is 17.1 Å². The molecule has 2 heterocycles. The van der Waals surface area contributed by atoms with Gasteiger partial charge in [0.25, 0.3) is 0 Å². The van der Waals surface area contributed by atoms with Crippen molar-refractivity contribution in [2.75, 3.05) is 24.5 Å². The fraction of sp³-hybridized carbons (Fsp3) is 0.765. The van der Waals surface area contributed by atoms with E-state index < -0.39 is 0 Å². The molecule has 4 heteroatoms. The minimum absolute atomic E-state index is 0.776. The van der Waals surface area contributed by atoms with E-state index in [1.165, 1.54) is 62.0 Å². The Balaban J connectivity index is 1.49. The number of aryl methyl sites for hydroxylation is 2. The molecule has 2 fully saturated rings. The van der Waals surface area contributed by atoms with Crippen molar-refractivity contribution in [2.45, 2.75) is 57.9 Å². The summed E-state index contributed by atoms with van der Waals surface area (Å²) in [6.07, 6.45) is 8.92. The van der Waals surface area contributed by atoms with Crippen LogP contribution < -0.4 is 10.2 Å². The molecule has 1 aromatic rings. The smallest absolute Gasteiger partial charge is 0.225 e. The molecule has 114 valence electrons. The highest BCUT2D eigenvalue weighted by atomic mass is 15.3. The van der Waals surface area contributed by atoms with Crippen molar-refractivity contribution in [1.29, 1.82) is 0 Å². The number of nitrogens with one attached hydrogen (secondary N) is 1. The molecule has 1 saturated carbocycles. The van der Waals surface area contributed by atoms with Crippen LogP contribution in [-0.2, 0) is 12.8 Å². The van der Waals surface area contributed by atoms with E-state index in [0.29, 0.717) is 0 Å². The summed E-state index contributed by atoms with van der Waals surface area (Å²) in [4.78, 5) is 12.1. The third-order valence-electron chi connectivity index (χ3n) is 5.23. The van der Waals surface area contributed by atoms with Gasteiger partial charge in [-0.05, 0) is 69.9 Å². The van der Waals surface area contributed by atoms with Crippen molar-refractivity contribution in [3.8, 4) is 0 Å². The van der Waals surface area contributed by atoms with Crippen molar-refractivity contribution in [1.82, 2.24) is 15.3 Å². The topological polar surface area (TPSA) is 41.1 Å². The molecule has 1 unspecified atom stereocenters. The number of anilines is 1. The second-order valence-corrected chi connectivity index (χ2v) is 7.02. The Morgan fingerprint density at radius 2 is 1.95 bits per heavy atom. The van der Waals surface area contributed by atoms with E-state index in [1.54, 1.807) is 0 Å². The number of rotatable bonds is 4. The molecule has 0 bridgehead atoms. The molecule has 1 saturated heterocycles. The predicted molar refractivity (Wildman–Crippen MR) is 84.8 cm³/mol. The molecule has 4 nitrogen and oxygen atoms in total. The Kier molecular flexibility index (Phi) is 3.57. The van der Waals surface area contributed by atoms with Crippen LogP contribution in [0, 0.1) is 12.8 Å². The summed E-state index contributed by atoms with van der Waals surface area (Å²) in [7, 11) is 0. The fourth-order valence-electron chi connectivity index (χ4n) is 3.70. The van der Waals surface area contributed by atoms with Crippen LogP contribution in [0.1, 0.15) is 49.1 Å². The number of fused-ring (bicyclic) bond motifs is 1. The highest BCUT2D eigenvalue weighted by molar-refractivity contribution is 5.39. The molecule has 0 amide bonds. The number of nitrogens with zero attached hydrogens (tertiary/aromatic N) is 3. The predicted octanol–water partition coefficient (Wildman–Crippen LogP) is 2.24. The summed E-state index contributed by atoms with van der Waals surface area (Å²) in [5.74, 6) is 1.76. The Morgan fingerprint density at radius 1 is 1.14 bits per heavy atom. The van der Waals surface area contributed by atoms with Crippen LogP contribution in [-0.4, -0.2) is 35.6 Å². The zero-order chi connectivity index (χ0) is 14.2. The second-order valence-electron chi connectivity index (χ2n) is 7.02. The van der Waals surface area contributed by atoms with Gasteiger partial charge in [0, 0.05) is 30.5 Å². The number of hydrogen-bond donors (Lipinski definition) is 1. The maximum Gasteiger partial charge on any atom is 0.225 e. The molecule has 4 rings (SSSR count). The average molecular weight is 286 g/mol. The largest absolute Gasteiger partial charge is 0.341 e. The maximum absolute atomic E-state index is 4.89. The van der Waals surface area contributed by atoms with E-state index in [0.717, 1.165) is 37.4 Å². The van der Waals surface area contributed by atoms with Gasteiger partial charge in [-0.3, -0.25) is 0 Å². The first-order valence-electron chi connectivity index (χ1n) is 8.64. The summed E-state index contributed by atoms with van der Waals surface area (Å²) < 4.78 is 0. The standard InChI is InChI=1S/C17H26N4/c1-12-15-10-13(11-18-14-5-6-14)4-7-16(15)20-17(19-12)21-8-2-3-9-21/h13-14,18H,2-11H2,1H3. The lowest BCUT2D eigenvalue weighted by atomic mass is 9.86. The lowest BCUT2D eigenvalue weighted by Gasteiger charge is -2.27. The third kappa shape index (κ3) is 2.91. The Morgan fingerprint density at radius 3 is 2.71 bits per heavy atom. The minimum Gasteiger partial charge on any atom is -0.341 e. The normalized spacial score (nSPS) is 25.2. The summed E-state index contributed by atoms with van der Waals surface area (Å²) >= 11 is 0. The molecule has 1 N–H and O–H groups in total. The first kappa shape index (κ1) is 13.5. The van der Waals surface area contributed by atoms with E-state index in [1.807, 2.05) is 0 Å². The van der Waals surface area contributed by atoms with Crippen molar-refractivity contribution >= 4 is 5.95 Å². The highest BCUT2D eigenvalue weighted by Gasteiger charge is 2.27. The molecule has 1 atom stereocenters. The lowest BCUT2D eigenvalue weighted by molar-refractivity contribution is 0.417. The molecule has 21 heavy (non-hydrogen) atoms. The van der Waals surface area contributed by atoms with Crippen molar-refractivity contribution in [2.24, 2.45) is 5.92 Å². The first-order valence-corrected chi connectivity index (χ1v) is 8.64. The maximum atomic E-state index is 4.89. The van der Waals surface area contributed by atoms with Crippen LogP contribution >= 0.6 is 0 Å². The van der Waals surface area contributed by atoms with Crippen molar-refractivity contribution in [3.63, 3.8) is 0 Å². The number of hydrogen-bond acceptors (Lipinski definition) is 4. The zero-order valence-electron chi connectivity index (χ0n) is 13.1. The van der Waals surface area contributed by atoms with Gasteiger partial charge in [-0.25, -0.2) is 9.97 Å². The molecular formula is C17H26N4. The molecule has 0 spiro atoms. The van der Waals surface area contributed by atoms with Gasteiger partial charge in [-0.15, -0.1) is 0 Å². The minimum atomic E-state index is 0.776. The van der Waals surface area contributed by atoms with E-state index in [-0.39, 0.29) is 0 Å². The van der Waals surface area contributed by atoms with Crippen LogP contribution in [0.25, 0.3) is 0 Å². The van der Waals surface area contributed by atoms with Crippen LogP contribution in [0.2, 0.25) is 0 Å². The molecule has 1 aliphatic heterocycles. The molecule has 0 radical (unpaired) electrons. The van der Waals surface area contributed by atoms with Gasteiger partial charge >= 0.3 is 0 Å². The van der Waals surface area contributed by atoms with Crippen LogP contribution in [0.15, 0.2) is 0 Å². The number of aromatic nitrogens is 2. The van der Waals surface area contributed by atoms with Crippen molar-refractivity contribution < 1.29 is 0 Å². The average Bonchev–Trinajstić information content (AvgIpc) is 3.16. The monoisotopic (exact) mass is 286 g/mol. The summed E-state index contributed by atoms with van der Waals surface area (Å²) in [6, 6.07) is 0.821. The van der Waals surface area contributed by atoms with E-state index >= 15 is 0 Å². The molecule has 3 aliphatic rings. The summed E-state index contributed by atoms with van der Waals surface area (Å²) in [5.41, 5.74) is 3.98.